The first-order valence-electron chi connectivity index (χ1n) is 8.77. The molecule has 2 atom stereocenters. The number of hydrogen-bond acceptors (Lipinski definition) is 4. The molecule has 0 bridgehead atoms. The minimum Gasteiger partial charge on any atom is -0.465 e. The molecule has 0 spiro atoms. The largest absolute Gasteiger partial charge is 0.465 e. The van der Waals surface area contributed by atoms with Gasteiger partial charge >= 0.3 is 5.97 Å². The predicted molar refractivity (Wildman–Crippen MR) is 103 cm³/mol. The number of hydrogen-bond donors (Lipinski definition) is 2. The Morgan fingerprint density at radius 1 is 0.889 bits per heavy atom. The van der Waals surface area contributed by atoms with E-state index in [1.807, 2.05) is 32.0 Å². The molecule has 6 nitrogen and oxygen atoms in total. The molecule has 1 aliphatic carbocycles. The molecule has 2 unspecified atom stereocenters. The number of rotatable bonds is 5. The van der Waals surface area contributed by atoms with E-state index in [9.17, 15) is 14.4 Å². The molecule has 0 saturated heterocycles. The van der Waals surface area contributed by atoms with E-state index in [1.54, 1.807) is 24.3 Å². The van der Waals surface area contributed by atoms with Crippen LogP contribution in [-0.2, 0) is 14.3 Å². The predicted octanol–water partition coefficient (Wildman–Crippen LogP) is 3.30. The van der Waals surface area contributed by atoms with Gasteiger partial charge in [-0.15, -0.1) is 0 Å². The molecule has 0 aromatic heterocycles. The van der Waals surface area contributed by atoms with Crippen molar-refractivity contribution in [3.8, 4) is 0 Å². The maximum absolute atomic E-state index is 12.5. The van der Waals surface area contributed by atoms with Crippen LogP contribution in [0.4, 0.5) is 11.4 Å². The van der Waals surface area contributed by atoms with Crippen molar-refractivity contribution in [3.05, 3.63) is 59.2 Å². The minimum atomic E-state index is -0.522. The quantitative estimate of drug-likeness (QED) is 0.795. The van der Waals surface area contributed by atoms with Gasteiger partial charge in [-0.05, 0) is 43.5 Å². The van der Waals surface area contributed by atoms with E-state index >= 15 is 0 Å². The second-order valence-corrected chi connectivity index (χ2v) is 6.73. The van der Waals surface area contributed by atoms with Gasteiger partial charge < -0.3 is 15.4 Å². The standard InChI is InChI=1S/C21H22N2O4/c1-12-7-6-8-13(2)18(12)23-20(25)16-11-15(16)19(24)22-17-10-5-4-9-14(17)21(26)27-3/h4-10,15-16H,11H2,1-3H3,(H,22,24)(H,23,25). The molecule has 0 heterocycles. The van der Waals surface area contributed by atoms with Crippen LogP contribution in [-0.4, -0.2) is 24.9 Å². The van der Waals surface area contributed by atoms with Gasteiger partial charge in [-0.1, -0.05) is 30.3 Å². The summed E-state index contributed by atoms with van der Waals surface area (Å²) in [6.45, 7) is 3.87. The van der Waals surface area contributed by atoms with Crippen LogP contribution >= 0.6 is 0 Å². The number of benzene rings is 2. The zero-order chi connectivity index (χ0) is 19.6. The molecule has 1 aliphatic rings. The number of carbonyl (C=O) groups is 3. The molecule has 6 heteroatoms. The molecule has 0 radical (unpaired) electrons. The van der Waals surface area contributed by atoms with E-state index in [-0.39, 0.29) is 23.3 Å². The number of amides is 2. The van der Waals surface area contributed by atoms with Crippen molar-refractivity contribution in [1.29, 1.82) is 0 Å². The van der Waals surface area contributed by atoms with Crippen LogP contribution in [0, 0.1) is 25.7 Å². The van der Waals surface area contributed by atoms with Crippen LogP contribution in [0.3, 0.4) is 0 Å². The smallest absolute Gasteiger partial charge is 0.339 e. The molecule has 27 heavy (non-hydrogen) atoms. The topological polar surface area (TPSA) is 84.5 Å². The number of aryl methyl sites for hydroxylation is 2. The zero-order valence-electron chi connectivity index (χ0n) is 15.5. The molecule has 0 aliphatic heterocycles. The number of nitrogens with one attached hydrogen (secondary N) is 2. The number of para-hydroxylation sites is 2. The van der Waals surface area contributed by atoms with Crippen LogP contribution in [0.2, 0.25) is 0 Å². The van der Waals surface area contributed by atoms with Gasteiger partial charge in [0.25, 0.3) is 0 Å². The Hall–Kier alpha value is -3.15. The highest BCUT2D eigenvalue weighted by Crippen LogP contribution is 2.40. The maximum atomic E-state index is 12.5. The van der Waals surface area contributed by atoms with E-state index in [0.717, 1.165) is 16.8 Å². The zero-order valence-corrected chi connectivity index (χ0v) is 15.5. The van der Waals surface area contributed by atoms with Crippen molar-refractivity contribution in [3.63, 3.8) is 0 Å². The van der Waals surface area contributed by atoms with Crippen molar-refractivity contribution in [1.82, 2.24) is 0 Å². The fourth-order valence-corrected chi connectivity index (χ4v) is 3.11. The molecule has 2 aromatic carbocycles. The van der Waals surface area contributed by atoms with Crippen molar-refractivity contribution >= 4 is 29.2 Å². The molecule has 3 rings (SSSR count). The normalized spacial score (nSPS) is 17.7. The SMILES string of the molecule is COC(=O)c1ccccc1NC(=O)C1CC1C(=O)Nc1c(C)cccc1C. The summed E-state index contributed by atoms with van der Waals surface area (Å²) in [4.78, 5) is 36.8. The number of esters is 1. The van der Waals surface area contributed by atoms with E-state index < -0.39 is 11.9 Å². The van der Waals surface area contributed by atoms with Crippen molar-refractivity contribution in [2.45, 2.75) is 20.3 Å². The lowest BCUT2D eigenvalue weighted by molar-refractivity contribution is -0.122. The van der Waals surface area contributed by atoms with Crippen LogP contribution in [0.15, 0.2) is 42.5 Å². The second kappa shape index (κ2) is 7.61. The fourth-order valence-electron chi connectivity index (χ4n) is 3.11. The van der Waals surface area contributed by atoms with E-state index in [1.165, 1.54) is 7.11 Å². The van der Waals surface area contributed by atoms with Crippen molar-refractivity contribution in [2.75, 3.05) is 17.7 Å². The summed E-state index contributed by atoms with van der Waals surface area (Å²) in [6.07, 6.45) is 0.489. The van der Waals surface area contributed by atoms with Gasteiger partial charge in [0, 0.05) is 5.69 Å². The van der Waals surface area contributed by atoms with Gasteiger partial charge in [0.05, 0.1) is 30.2 Å². The number of anilines is 2. The van der Waals surface area contributed by atoms with Gasteiger partial charge in [-0.2, -0.15) is 0 Å². The van der Waals surface area contributed by atoms with E-state index in [2.05, 4.69) is 10.6 Å². The second-order valence-electron chi connectivity index (χ2n) is 6.73. The lowest BCUT2D eigenvalue weighted by Gasteiger charge is -2.12. The Bertz CT molecular complexity index is 887. The first-order valence-corrected chi connectivity index (χ1v) is 8.77. The van der Waals surface area contributed by atoms with Gasteiger partial charge in [0.1, 0.15) is 0 Å². The number of ether oxygens (including phenoxy) is 1. The highest BCUT2D eigenvalue weighted by Gasteiger charge is 2.48. The van der Waals surface area contributed by atoms with Crippen LogP contribution < -0.4 is 10.6 Å². The summed E-state index contributed by atoms with van der Waals surface area (Å²) < 4.78 is 4.73. The summed E-state index contributed by atoms with van der Waals surface area (Å²) in [5, 5.41) is 5.67. The Morgan fingerprint density at radius 3 is 2.11 bits per heavy atom. The van der Waals surface area contributed by atoms with E-state index in [4.69, 9.17) is 4.74 Å². The Kier molecular flexibility index (Phi) is 5.26. The van der Waals surface area contributed by atoms with Crippen LogP contribution in [0.5, 0.6) is 0 Å². The van der Waals surface area contributed by atoms with Crippen molar-refractivity contribution in [2.24, 2.45) is 11.8 Å². The number of methoxy groups -OCH3 is 1. The summed E-state index contributed by atoms with van der Waals surface area (Å²) >= 11 is 0. The van der Waals surface area contributed by atoms with Gasteiger partial charge in [-0.25, -0.2) is 4.79 Å². The van der Waals surface area contributed by atoms with Crippen LogP contribution in [0.1, 0.15) is 27.9 Å². The first kappa shape index (κ1) is 18.6. The molecular formula is C21H22N2O4. The monoisotopic (exact) mass is 366 g/mol. The molecule has 140 valence electrons. The Morgan fingerprint density at radius 2 is 1.48 bits per heavy atom. The summed E-state index contributed by atoms with van der Waals surface area (Å²) in [5.74, 6) is -1.72. The Balaban J connectivity index is 1.64. The fraction of sp³-hybridized carbons (Fsp3) is 0.286. The molecule has 1 fully saturated rings. The number of carbonyl (C=O) groups excluding carboxylic acids is 3. The third-order valence-electron chi connectivity index (χ3n) is 4.78. The van der Waals surface area contributed by atoms with Crippen molar-refractivity contribution < 1.29 is 19.1 Å². The van der Waals surface area contributed by atoms with E-state index in [0.29, 0.717) is 12.1 Å². The summed E-state index contributed by atoms with van der Waals surface area (Å²) in [5.41, 5.74) is 3.43. The molecule has 2 N–H and O–H groups in total. The average Bonchev–Trinajstić information content (AvgIpc) is 3.45. The highest BCUT2D eigenvalue weighted by molar-refractivity contribution is 6.06. The van der Waals surface area contributed by atoms with Gasteiger partial charge in [-0.3, -0.25) is 9.59 Å². The van der Waals surface area contributed by atoms with Gasteiger partial charge in [0.2, 0.25) is 11.8 Å². The lowest BCUT2D eigenvalue weighted by Crippen LogP contribution is -2.22. The Labute approximate surface area is 157 Å². The van der Waals surface area contributed by atoms with Gasteiger partial charge in [0.15, 0.2) is 0 Å². The third kappa shape index (κ3) is 4.00. The summed E-state index contributed by atoms with van der Waals surface area (Å²) in [6, 6.07) is 12.4. The summed E-state index contributed by atoms with van der Waals surface area (Å²) in [7, 11) is 1.29. The maximum Gasteiger partial charge on any atom is 0.339 e. The third-order valence-corrected chi connectivity index (χ3v) is 4.78. The molecule has 1 saturated carbocycles. The van der Waals surface area contributed by atoms with Crippen LogP contribution in [0.25, 0.3) is 0 Å². The molecule has 2 amide bonds. The minimum absolute atomic E-state index is 0.159. The lowest BCUT2D eigenvalue weighted by atomic mass is 10.1. The first-order chi connectivity index (χ1) is 12.9. The molecular weight excluding hydrogens is 344 g/mol. The average molecular weight is 366 g/mol. The highest BCUT2D eigenvalue weighted by atomic mass is 16.5. The molecule has 2 aromatic rings.